The van der Waals surface area contributed by atoms with Gasteiger partial charge in [-0.3, -0.25) is 4.79 Å². The number of benzene rings is 2. The zero-order valence-corrected chi connectivity index (χ0v) is 18.4. The van der Waals surface area contributed by atoms with E-state index in [1.165, 1.54) is 29.6 Å². The van der Waals surface area contributed by atoms with E-state index in [0.717, 1.165) is 18.5 Å². The maximum atomic E-state index is 13.7. The maximum Gasteiger partial charge on any atom is 0.220 e. The minimum atomic E-state index is -0.733. The summed E-state index contributed by atoms with van der Waals surface area (Å²) in [6, 6.07) is 10.7. The van der Waals surface area contributed by atoms with Crippen molar-refractivity contribution in [1.82, 2.24) is 15.3 Å². The van der Waals surface area contributed by atoms with Crippen molar-refractivity contribution in [2.75, 3.05) is 23.7 Å². The van der Waals surface area contributed by atoms with Crippen molar-refractivity contribution in [1.29, 1.82) is 0 Å². The van der Waals surface area contributed by atoms with Gasteiger partial charge >= 0.3 is 0 Å². The minimum Gasteiger partial charge on any atom is -0.374 e. The van der Waals surface area contributed by atoms with Gasteiger partial charge in [0, 0.05) is 36.6 Å². The first-order valence-electron chi connectivity index (χ1n) is 11.2. The first-order chi connectivity index (χ1) is 16.0. The number of carbonyl (C=O) groups excluding carboxylic acids is 1. The minimum absolute atomic E-state index is 0.0528. The molecule has 8 nitrogen and oxygen atoms in total. The molecule has 0 bridgehead atoms. The fourth-order valence-corrected chi connectivity index (χ4v) is 4.17. The Bertz CT molecular complexity index is 1130. The topological polar surface area (TPSA) is 125 Å². The molecule has 0 saturated carbocycles. The second-order valence-corrected chi connectivity index (χ2v) is 8.31. The van der Waals surface area contributed by atoms with E-state index in [2.05, 4.69) is 32.0 Å². The standard InChI is InChI=1S/C24H29FN6O2/c25-17-5-7-21-20(13-17)24(29-14-28-21)31-19-10-15-4-6-18(11-16(15)12-19)30-23(33)3-1-2-22(32)27-9-8-26/h4-7,11,13-14,19,23,30,33H,1-3,8-10,12,26H2,(H,27,32)(H,28,29,31). The predicted molar refractivity (Wildman–Crippen MR) is 126 cm³/mol. The summed E-state index contributed by atoms with van der Waals surface area (Å²) in [6.45, 7) is 0.883. The van der Waals surface area contributed by atoms with Gasteiger partial charge in [-0.2, -0.15) is 0 Å². The van der Waals surface area contributed by atoms with Crippen LogP contribution in [0, 0.1) is 5.82 Å². The molecule has 2 aromatic carbocycles. The number of fused-ring (bicyclic) bond motifs is 2. The van der Waals surface area contributed by atoms with Crippen LogP contribution in [0.25, 0.3) is 10.9 Å². The number of anilines is 2. The highest BCUT2D eigenvalue weighted by atomic mass is 19.1. The lowest BCUT2D eigenvalue weighted by molar-refractivity contribution is -0.121. The van der Waals surface area contributed by atoms with Crippen LogP contribution in [-0.4, -0.2) is 46.3 Å². The van der Waals surface area contributed by atoms with Crippen molar-refractivity contribution in [2.24, 2.45) is 5.73 Å². The van der Waals surface area contributed by atoms with E-state index in [9.17, 15) is 14.3 Å². The number of nitrogens with zero attached hydrogens (tertiary/aromatic N) is 2. The van der Waals surface area contributed by atoms with Gasteiger partial charge in [-0.15, -0.1) is 0 Å². The van der Waals surface area contributed by atoms with Crippen LogP contribution in [0.1, 0.15) is 30.4 Å². The van der Waals surface area contributed by atoms with Gasteiger partial charge in [0.25, 0.3) is 0 Å². The van der Waals surface area contributed by atoms with Gasteiger partial charge in [0.05, 0.1) is 5.52 Å². The molecule has 0 spiro atoms. The van der Waals surface area contributed by atoms with Crippen LogP contribution in [0.3, 0.4) is 0 Å². The number of nitrogens with two attached hydrogens (primary N) is 1. The van der Waals surface area contributed by atoms with Gasteiger partial charge in [-0.1, -0.05) is 6.07 Å². The number of aliphatic hydroxyl groups is 1. The third kappa shape index (κ3) is 5.94. The summed E-state index contributed by atoms with van der Waals surface area (Å²) >= 11 is 0. The summed E-state index contributed by atoms with van der Waals surface area (Å²) in [5.74, 6) is 0.255. The van der Waals surface area contributed by atoms with E-state index in [1.807, 2.05) is 12.1 Å². The molecule has 0 saturated heterocycles. The number of hydrogen-bond acceptors (Lipinski definition) is 7. The molecule has 1 aliphatic rings. The monoisotopic (exact) mass is 452 g/mol. The van der Waals surface area contributed by atoms with Crippen molar-refractivity contribution < 1.29 is 14.3 Å². The second-order valence-electron chi connectivity index (χ2n) is 8.31. The van der Waals surface area contributed by atoms with Crippen LogP contribution in [0.4, 0.5) is 15.9 Å². The molecule has 1 aliphatic carbocycles. The Morgan fingerprint density at radius 1 is 1.18 bits per heavy atom. The normalized spacial score (nSPS) is 15.8. The quantitative estimate of drug-likeness (QED) is 0.299. The Balaban J connectivity index is 1.32. The van der Waals surface area contributed by atoms with Crippen molar-refractivity contribution in [3.05, 3.63) is 59.7 Å². The molecular formula is C24H29FN6O2. The summed E-state index contributed by atoms with van der Waals surface area (Å²) in [6.07, 6.45) is 3.78. The SMILES string of the molecule is NCCNC(=O)CCCC(O)Nc1ccc2c(c1)CC(Nc1ncnc3ccc(F)cc13)C2. The lowest BCUT2D eigenvalue weighted by atomic mass is 10.1. The predicted octanol–water partition coefficient (Wildman–Crippen LogP) is 2.32. The Morgan fingerprint density at radius 3 is 2.88 bits per heavy atom. The van der Waals surface area contributed by atoms with Crippen LogP contribution < -0.4 is 21.7 Å². The van der Waals surface area contributed by atoms with Crippen LogP contribution in [0.15, 0.2) is 42.7 Å². The molecule has 4 rings (SSSR count). The summed E-state index contributed by atoms with van der Waals surface area (Å²) < 4.78 is 13.7. The number of aliphatic hydroxyl groups excluding tert-OH is 1. The highest BCUT2D eigenvalue weighted by Gasteiger charge is 2.23. The fraction of sp³-hybridized carbons (Fsp3) is 0.375. The lowest BCUT2D eigenvalue weighted by Gasteiger charge is -2.15. The van der Waals surface area contributed by atoms with E-state index < -0.39 is 6.23 Å². The van der Waals surface area contributed by atoms with Gasteiger partial charge < -0.3 is 26.8 Å². The number of aromatic nitrogens is 2. The van der Waals surface area contributed by atoms with Crippen LogP contribution in [-0.2, 0) is 17.6 Å². The van der Waals surface area contributed by atoms with E-state index in [-0.39, 0.29) is 17.8 Å². The largest absolute Gasteiger partial charge is 0.374 e. The first-order valence-corrected chi connectivity index (χ1v) is 11.2. The Hall–Kier alpha value is -3.30. The summed E-state index contributed by atoms with van der Waals surface area (Å²) in [7, 11) is 0. The smallest absolute Gasteiger partial charge is 0.220 e. The molecule has 3 aromatic rings. The van der Waals surface area contributed by atoms with Gasteiger partial charge in [0.2, 0.25) is 5.91 Å². The fourth-order valence-electron chi connectivity index (χ4n) is 4.17. The maximum absolute atomic E-state index is 13.7. The number of hydrogen-bond donors (Lipinski definition) is 5. The highest BCUT2D eigenvalue weighted by molar-refractivity contribution is 5.89. The lowest BCUT2D eigenvalue weighted by Crippen LogP contribution is -2.29. The van der Waals surface area contributed by atoms with Gasteiger partial charge in [-0.25, -0.2) is 14.4 Å². The Morgan fingerprint density at radius 2 is 2.03 bits per heavy atom. The molecule has 1 amide bonds. The van der Waals surface area contributed by atoms with E-state index in [4.69, 9.17) is 5.73 Å². The van der Waals surface area contributed by atoms with Crippen LogP contribution in [0.5, 0.6) is 0 Å². The number of carbonyl (C=O) groups is 1. The molecule has 0 fully saturated rings. The molecule has 6 N–H and O–H groups in total. The van der Waals surface area contributed by atoms with E-state index >= 15 is 0 Å². The van der Waals surface area contributed by atoms with E-state index in [0.29, 0.717) is 49.1 Å². The molecule has 0 aliphatic heterocycles. The molecule has 0 radical (unpaired) electrons. The highest BCUT2D eigenvalue weighted by Crippen LogP contribution is 2.29. The van der Waals surface area contributed by atoms with Crippen molar-refractivity contribution in [2.45, 2.75) is 44.4 Å². The van der Waals surface area contributed by atoms with Crippen LogP contribution >= 0.6 is 0 Å². The zero-order valence-electron chi connectivity index (χ0n) is 18.4. The van der Waals surface area contributed by atoms with Gasteiger partial charge in [0.1, 0.15) is 24.2 Å². The van der Waals surface area contributed by atoms with Gasteiger partial charge in [-0.05, 0) is 67.1 Å². The number of rotatable bonds is 10. The molecule has 9 heteroatoms. The van der Waals surface area contributed by atoms with Crippen molar-refractivity contribution in [3.8, 4) is 0 Å². The molecule has 1 heterocycles. The third-order valence-electron chi connectivity index (χ3n) is 5.76. The van der Waals surface area contributed by atoms with Crippen molar-refractivity contribution >= 4 is 28.3 Å². The zero-order chi connectivity index (χ0) is 23.2. The first kappa shape index (κ1) is 22.9. The summed E-state index contributed by atoms with van der Waals surface area (Å²) in [4.78, 5) is 20.1. The molecule has 1 aromatic heterocycles. The summed E-state index contributed by atoms with van der Waals surface area (Å²) in [5, 5.41) is 20.2. The summed E-state index contributed by atoms with van der Waals surface area (Å²) in [5.41, 5.74) is 9.32. The molecule has 2 atom stereocenters. The Labute approximate surface area is 191 Å². The molecule has 33 heavy (non-hydrogen) atoms. The number of nitrogens with one attached hydrogen (secondary N) is 3. The number of halogens is 1. The molecule has 2 unspecified atom stereocenters. The molecule has 174 valence electrons. The average Bonchev–Trinajstić information content (AvgIpc) is 3.19. The third-order valence-corrected chi connectivity index (χ3v) is 5.76. The van der Waals surface area contributed by atoms with Crippen molar-refractivity contribution in [3.63, 3.8) is 0 Å². The average molecular weight is 453 g/mol. The van der Waals surface area contributed by atoms with E-state index in [1.54, 1.807) is 6.07 Å². The molecular weight excluding hydrogens is 423 g/mol. The number of amides is 1. The van der Waals surface area contributed by atoms with Gasteiger partial charge in [0.15, 0.2) is 0 Å². The van der Waals surface area contributed by atoms with Crippen LogP contribution in [0.2, 0.25) is 0 Å². The Kier molecular flexibility index (Phi) is 7.31. The second kappa shape index (κ2) is 10.5.